The predicted molar refractivity (Wildman–Crippen MR) is 107 cm³/mol. The number of nitrogens with zero attached hydrogens (tertiary/aromatic N) is 1. The summed E-state index contributed by atoms with van der Waals surface area (Å²) in [6.07, 6.45) is 1.88. The number of likely N-dealkylation sites (tertiary alicyclic amines) is 1. The van der Waals surface area contributed by atoms with E-state index in [0.29, 0.717) is 18.7 Å². The minimum atomic E-state index is -0.267. The van der Waals surface area contributed by atoms with Crippen molar-refractivity contribution in [2.45, 2.75) is 25.8 Å². The zero-order chi connectivity index (χ0) is 19.9. The second-order valence-corrected chi connectivity index (χ2v) is 6.66. The lowest BCUT2D eigenvalue weighted by Gasteiger charge is -2.25. The summed E-state index contributed by atoms with van der Waals surface area (Å²) in [6, 6.07) is 14.7. The van der Waals surface area contributed by atoms with Gasteiger partial charge in [0, 0.05) is 12.1 Å². The third kappa shape index (κ3) is 4.63. The number of benzene rings is 2. The monoisotopic (exact) mass is 382 g/mol. The van der Waals surface area contributed by atoms with Crippen LogP contribution in [0.25, 0.3) is 0 Å². The summed E-state index contributed by atoms with van der Waals surface area (Å²) in [6.45, 7) is 3.17. The van der Waals surface area contributed by atoms with E-state index < -0.39 is 0 Å². The van der Waals surface area contributed by atoms with Gasteiger partial charge >= 0.3 is 0 Å². The van der Waals surface area contributed by atoms with Gasteiger partial charge in [-0.25, -0.2) is 0 Å². The van der Waals surface area contributed by atoms with Crippen LogP contribution in [-0.2, 0) is 4.79 Å². The van der Waals surface area contributed by atoms with Gasteiger partial charge in [-0.05, 0) is 61.7 Å². The number of hydrogen-bond acceptors (Lipinski definition) is 4. The van der Waals surface area contributed by atoms with Crippen LogP contribution >= 0.6 is 0 Å². The molecule has 1 fully saturated rings. The molecule has 0 saturated carbocycles. The van der Waals surface area contributed by atoms with E-state index >= 15 is 0 Å². The summed E-state index contributed by atoms with van der Waals surface area (Å²) in [5, 5.41) is 2.73. The topological polar surface area (TPSA) is 67.9 Å². The molecule has 0 radical (unpaired) electrons. The van der Waals surface area contributed by atoms with E-state index in [1.54, 1.807) is 31.4 Å². The molecule has 0 spiro atoms. The number of ether oxygens (including phenoxy) is 2. The zero-order valence-electron chi connectivity index (χ0n) is 16.3. The van der Waals surface area contributed by atoms with Gasteiger partial charge in [0.1, 0.15) is 11.5 Å². The molecule has 1 heterocycles. The number of nitrogens with one attached hydrogen (secondary N) is 1. The van der Waals surface area contributed by atoms with Crippen LogP contribution in [0.15, 0.2) is 48.5 Å². The molecule has 1 aliphatic rings. The number of carbonyl (C=O) groups is 2. The first kappa shape index (κ1) is 19.7. The highest BCUT2D eigenvalue weighted by Crippen LogP contribution is 2.32. The minimum absolute atomic E-state index is 0.0152. The lowest BCUT2D eigenvalue weighted by Crippen LogP contribution is -2.39. The first-order valence-electron chi connectivity index (χ1n) is 9.57. The van der Waals surface area contributed by atoms with Crippen molar-refractivity contribution in [1.29, 1.82) is 0 Å². The van der Waals surface area contributed by atoms with E-state index in [-0.39, 0.29) is 24.4 Å². The van der Waals surface area contributed by atoms with Crippen molar-refractivity contribution in [2.75, 3.05) is 26.8 Å². The molecule has 2 aromatic carbocycles. The maximum Gasteiger partial charge on any atom is 0.251 e. The maximum atomic E-state index is 12.7. The third-order valence-corrected chi connectivity index (χ3v) is 4.90. The van der Waals surface area contributed by atoms with Crippen LogP contribution in [0.4, 0.5) is 0 Å². The highest BCUT2D eigenvalue weighted by atomic mass is 16.5. The van der Waals surface area contributed by atoms with Gasteiger partial charge in [-0.15, -0.1) is 0 Å². The summed E-state index contributed by atoms with van der Waals surface area (Å²) < 4.78 is 10.6. The van der Waals surface area contributed by atoms with Crippen molar-refractivity contribution in [3.05, 3.63) is 59.7 Å². The smallest absolute Gasteiger partial charge is 0.251 e. The fourth-order valence-electron chi connectivity index (χ4n) is 3.47. The molecule has 148 valence electrons. The molecule has 0 aromatic heterocycles. The number of rotatable bonds is 7. The van der Waals surface area contributed by atoms with Crippen LogP contribution < -0.4 is 14.8 Å². The van der Waals surface area contributed by atoms with Crippen molar-refractivity contribution in [2.24, 2.45) is 0 Å². The van der Waals surface area contributed by atoms with E-state index in [4.69, 9.17) is 9.47 Å². The Balaban J connectivity index is 1.57. The number of carbonyl (C=O) groups excluding carboxylic acids is 2. The lowest BCUT2D eigenvalue weighted by atomic mass is 10.0. The average Bonchev–Trinajstić information content (AvgIpc) is 3.22. The van der Waals surface area contributed by atoms with Crippen LogP contribution in [0.1, 0.15) is 41.7 Å². The molecule has 0 bridgehead atoms. The third-order valence-electron chi connectivity index (χ3n) is 4.90. The van der Waals surface area contributed by atoms with Crippen molar-refractivity contribution in [3.8, 4) is 11.5 Å². The number of amides is 2. The Kier molecular flexibility index (Phi) is 6.53. The van der Waals surface area contributed by atoms with Crippen LogP contribution in [-0.4, -0.2) is 43.5 Å². The van der Waals surface area contributed by atoms with Crippen LogP contribution in [0.5, 0.6) is 11.5 Å². The molecule has 1 saturated heterocycles. The molecule has 2 amide bonds. The Labute approximate surface area is 165 Å². The summed E-state index contributed by atoms with van der Waals surface area (Å²) >= 11 is 0. The minimum Gasteiger partial charge on any atom is -0.497 e. The summed E-state index contributed by atoms with van der Waals surface area (Å²) in [5.41, 5.74) is 1.59. The molecule has 6 heteroatoms. The Morgan fingerprint density at radius 1 is 1.07 bits per heavy atom. The largest absolute Gasteiger partial charge is 0.497 e. The standard InChI is InChI=1S/C22H26N2O4/c1-3-28-19-12-8-17(9-13-19)22(26)23-15-21(25)24-14-4-5-20(24)16-6-10-18(27-2)11-7-16/h6-13,20H,3-5,14-15H2,1-2H3,(H,23,26)/t20-/m0/s1. The van der Waals surface area contributed by atoms with E-state index in [0.717, 1.165) is 29.9 Å². The molecule has 3 rings (SSSR count). The quantitative estimate of drug-likeness (QED) is 0.799. The molecular formula is C22H26N2O4. The number of hydrogen-bond donors (Lipinski definition) is 1. The molecular weight excluding hydrogens is 356 g/mol. The number of methoxy groups -OCH3 is 1. The predicted octanol–water partition coefficient (Wildman–Crippen LogP) is 3.19. The van der Waals surface area contributed by atoms with Crippen LogP contribution in [0, 0.1) is 0 Å². The normalized spacial score (nSPS) is 15.9. The first-order valence-corrected chi connectivity index (χ1v) is 9.57. The van der Waals surface area contributed by atoms with E-state index in [1.165, 1.54) is 0 Å². The summed E-state index contributed by atoms with van der Waals surface area (Å²) in [5.74, 6) is 1.17. The van der Waals surface area contributed by atoms with Crippen LogP contribution in [0.3, 0.4) is 0 Å². The van der Waals surface area contributed by atoms with Crippen molar-refractivity contribution in [1.82, 2.24) is 10.2 Å². The summed E-state index contributed by atoms with van der Waals surface area (Å²) in [4.78, 5) is 26.9. The Hall–Kier alpha value is -3.02. The van der Waals surface area contributed by atoms with Crippen molar-refractivity contribution in [3.63, 3.8) is 0 Å². The van der Waals surface area contributed by atoms with Gasteiger partial charge in [0.25, 0.3) is 5.91 Å². The van der Waals surface area contributed by atoms with Gasteiger partial charge in [0.15, 0.2) is 0 Å². The Morgan fingerprint density at radius 2 is 1.75 bits per heavy atom. The fourth-order valence-corrected chi connectivity index (χ4v) is 3.47. The van der Waals surface area contributed by atoms with E-state index in [1.807, 2.05) is 36.1 Å². The Morgan fingerprint density at radius 3 is 2.39 bits per heavy atom. The molecule has 0 unspecified atom stereocenters. The highest BCUT2D eigenvalue weighted by molar-refractivity contribution is 5.96. The van der Waals surface area contributed by atoms with Gasteiger partial charge in [0.2, 0.25) is 5.91 Å². The van der Waals surface area contributed by atoms with Gasteiger partial charge < -0.3 is 19.7 Å². The highest BCUT2D eigenvalue weighted by Gasteiger charge is 2.29. The van der Waals surface area contributed by atoms with Crippen molar-refractivity contribution < 1.29 is 19.1 Å². The molecule has 1 atom stereocenters. The zero-order valence-corrected chi connectivity index (χ0v) is 16.3. The lowest BCUT2D eigenvalue weighted by molar-refractivity contribution is -0.131. The molecule has 1 N–H and O–H groups in total. The molecule has 6 nitrogen and oxygen atoms in total. The van der Waals surface area contributed by atoms with Gasteiger partial charge in [0.05, 0.1) is 26.3 Å². The molecule has 28 heavy (non-hydrogen) atoms. The second kappa shape index (κ2) is 9.26. The van der Waals surface area contributed by atoms with Crippen molar-refractivity contribution >= 4 is 11.8 Å². The van der Waals surface area contributed by atoms with Crippen LogP contribution in [0.2, 0.25) is 0 Å². The molecule has 0 aliphatic carbocycles. The molecule has 2 aromatic rings. The van der Waals surface area contributed by atoms with E-state index in [2.05, 4.69) is 5.32 Å². The first-order chi connectivity index (χ1) is 13.6. The SMILES string of the molecule is CCOc1ccc(C(=O)NCC(=O)N2CCC[C@H]2c2ccc(OC)cc2)cc1. The maximum absolute atomic E-state index is 12.7. The summed E-state index contributed by atoms with van der Waals surface area (Å²) in [7, 11) is 1.63. The van der Waals surface area contributed by atoms with Gasteiger partial charge in [-0.1, -0.05) is 12.1 Å². The second-order valence-electron chi connectivity index (χ2n) is 6.66. The molecule has 1 aliphatic heterocycles. The van der Waals surface area contributed by atoms with Gasteiger partial charge in [-0.2, -0.15) is 0 Å². The average molecular weight is 382 g/mol. The van der Waals surface area contributed by atoms with E-state index in [9.17, 15) is 9.59 Å². The van der Waals surface area contributed by atoms with Gasteiger partial charge in [-0.3, -0.25) is 9.59 Å². The fraction of sp³-hybridized carbons (Fsp3) is 0.364. The Bertz CT molecular complexity index is 802.